The molecule has 0 aromatic carbocycles. The number of hydrogen-bond donors (Lipinski definition) is 5. The molecule has 3 heterocycles. The van der Waals surface area contributed by atoms with Gasteiger partial charge in [-0.15, -0.1) is 0 Å². The third-order valence-corrected chi connectivity index (χ3v) is 5.75. The SMILES string of the molecule is Nc1nc2c(ncn2[C@@H]2O[C@H](COP(=O)([O-])OP(=O)([O-])O)[C@@H](O)[C@H]2O)c(=O)[nH]1.O.[Na+].[Na+]. The van der Waals surface area contributed by atoms with Gasteiger partial charge < -0.3 is 45.4 Å². The van der Waals surface area contributed by atoms with Gasteiger partial charge in [0.05, 0.1) is 12.9 Å². The van der Waals surface area contributed by atoms with E-state index in [0.717, 1.165) is 10.9 Å². The fourth-order valence-electron chi connectivity index (χ4n) is 2.54. The van der Waals surface area contributed by atoms with Crippen molar-refractivity contribution in [3.05, 3.63) is 16.7 Å². The molecule has 1 aliphatic rings. The van der Waals surface area contributed by atoms with E-state index in [1.165, 1.54) is 0 Å². The Bertz CT molecular complexity index is 1040. The van der Waals surface area contributed by atoms with E-state index in [1.54, 1.807) is 0 Å². The summed E-state index contributed by atoms with van der Waals surface area (Å²) in [6.07, 6.45) is -5.07. The van der Waals surface area contributed by atoms with Crippen LogP contribution in [0.4, 0.5) is 5.95 Å². The predicted molar refractivity (Wildman–Crippen MR) is 86.6 cm³/mol. The Labute approximate surface area is 216 Å². The van der Waals surface area contributed by atoms with E-state index in [0.29, 0.717) is 0 Å². The van der Waals surface area contributed by atoms with E-state index in [4.69, 9.17) is 15.4 Å². The van der Waals surface area contributed by atoms with Crippen molar-refractivity contribution in [2.75, 3.05) is 12.3 Å². The van der Waals surface area contributed by atoms with Gasteiger partial charge in [-0.3, -0.25) is 23.5 Å². The van der Waals surface area contributed by atoms with Gasteiger partial charge in [-0.2, -0.15) is 4.98 Å². The number of fused-ring (bicyclic) bond motifs is 1. The molecule has 21 heteroatoms. The van der Waals surface area contributed by atoms with Gasteiger partial charge >= 0.3 is 59.1 Å². The van der Waals surface area contributed by atoms with Crippen LogP contribution >= 0.6 is 15.6 Å². The number of phosphoric acid groups is 2. The van der Waals surface area contributed by atoms with Crippen LogP contribution in [0.1, 0.15) is 6.23 Å². The number of nitrogens with zero attached hydrogens (tertiary/aromatic N) is 3. The average molecular weight is 505 g/mol. The van der Waals surface area contributed by atoms with Gasteiger partial charge in [0.15, 0.2) is 17.4 Å². The minimum atomic E-state index is -5.63. The number of hydrogen-bond acceptors (Lipinski definition) is 13. The number of aromatic nitrogens is 4. The smallest absolute Gasteiger partial charge is 0.756 e. The second-order valence-electron chi connectivity index (χ2n) is 5.61. The predicted octanol–water partition coefficient (Wildman–Crippen LogP) is -10.5. The van der Waals surface area contributed by atoms with Gasteiger partial charge in [0.2, 0.25) is 5.95 Å². The molecule has 0 aliphatic carbocycles. The number of nitrogen functional groups attached to an aromatic ring is 1. The Morgan fingerprint density at radius 2 is 1.90 bits per heavy atom. The molecule has 0 bridgehead atoms. The maximum absolute atomic E-state index is 11.8. The van der Waals surface area contributed by atoms with Crippen LogP contribution in [0, 0.1) is 0 Å². The van der Waals surface area contributed by atoms with Gasteiger partial charge in [-0.1, -0.05) is 0 Å². The molecule has 6 atom stereocenters. The van der Waals surface area contributed by atoms with E-state index in [1.807, 2.05) is 0 Å². The molecule has 8 N–H and O–H groups in total. The molecule has 31 heavy (non-hydrogen) atoms. The van der Waals surface area contributed by atoms with Gasteiger partial charge in [0.1, 0.15) is 18.3 Å². The van der Waals surface area contributed by atoms with E-state index in [2.05, 4.69) is 23.8 Å². The van der Waals surface area contributed by atoms with Crippen LogP contribution in [0.15, 0.2) is 11.1 Å². The number of nitrogens with two attached hydrogens (primary N) is 1. The van der Waals surface area contributed by atoms with Gasteiger partial charge in [-0.25, -0.2) is 9.29 Å². The Kier molecular flexibility index (Phi) is 11.7. The molecular weight excluding hydrogens is 490 g/mol. The second kappa shape index (κ2) is 11.6. The zero-order valence-electron chi connectivity index (χ0n) is 16.0. The third kappa shape index (κ3) is 7.37. The van der Waals surface area contributed by atoms with Crippen LogP contribution in [0.2, 0.25) is 0 Å². The second-order valence-corrected chi connectivity index (χ2v) is 8.36. The molecule has 2 aromatic heterocycles. The van der Waals surface area contributed by atoms with Crippen LogP contribution < -0.4 is 80.2 Å². The van der Waals surface area contributed by atoms with Crippen molar-refractivity contribution in [3.8, 4) is 0 Å². The largest absolute Gasteiger partial charge is 1.00 e. The number of anilines is 1. The number of aromatic amines is 1. The molecule has 0 amide bonds. The van der Waals surface area contributed by atoms with Crippen molar-refractivity contribution in [1.29, 1.82) is 0 Å². The summed E-state index contributed by atoms with van der Waals surface area (Å²) in [6, 6.07) is 0. The molecule has 164 valence electrons. The number of rotatable bonds is 6. The number of nitrogens with one attached hydrogen (secondary N) is 1. The number of aliphatic hydroxyl groups is 2. The summed E-state index contributed by atoms with van der Waals surface area (Å²) in [5.74, 6) is -0.248. The fraction of sp³-hybridized carbons (Fsp3) is 0.500. The zero-order valence-corrected chi connectivity index (χ0v) is 21.8. The van der Waals surface area contributed by atoms with Gasteiger partial charge in [0.25, 0.3) is 21.2 Å². The summed E-state index contributed by atoms with van der Waals surface area (Å²) in [6.45, 7) is -0.960. The summed E-state index contributed by atoms with van der Waals surface area (Å²) in [5.41, 5.74) is 4.58. The Morgan fingerprint density at radius 1 is 1.29 bits per heavy atom. The minimum absolute atomic E-state index is 0. The van der Waals surface area contributed by atoms with Crippen molar-refractivity contribution >= 4 is 32.8 Å². The summed E-state index contributed by atoms with van der Waals surface area (Å²) in [4.78, 5) is 51.9. The van der Waals surface area contributed by atoms with Crippen LogP contribution in [0.3, 0.4) is 0 Å². The molecule has 0 spiro atoms. The normalized spacial score (nSPS) is 26.7. The van der Waals surface area contributed by atoms with Gasteiger partial charge in [-0.05, 0) is 0 Å². The molecular formula is C10H15N5Na2O12P2. The molecule has 3 rings (SSSR count). The first-order chi connectivity index (χ1) is 12.9. The van der Waals surface area contributed by atoms with Crippen LogP contribution in [0.5, 0.6) is 0 Å². The van der Waals surface area contributed by atoms with E-state index < -0.39 is 52.4 Å². The van der Waals surface area contributed by atoms with Crippen molar-refractivity contribution in [2.45, 2.75) is 24.5 Å². The minimum Gasteiger partial charge on any atom is -0.756 e. The number of aliphatic hydroxyl groups excluding tert-OH is 2. The number of phosphoric ester groups is 1. The molecule has 1 aliphatic heterocycles. The maximum Gasteiger partial charge on any atom is 1.00 e. The van der Waals surface area contributed by atoms with Crippen molar-refractivity contribution in [3.63, 3.8) is 0 Å². The van der Waals surface area contributed by atoms with E-state index >= 15 is 0 Å². The first-order valence-electron chi connectivity index (χ1n) is 7.32. The summed E-state index contributed by atoms with van der Waals surface area (Å²) >= 11 is 0. The van der Waals surface area contributed by atoms with Crippen LogP contribution in [-0.2, 0) is 22.7 Å². The Hall–Kier alpha value is 0.250. The first-order valence-corrected chi connectivity index (χ1v) is 10.3. The standard InChI is InChI=1S/C10H15N5O11P2.2Na.H2O/c11-10-13-7-4(8(18)14-10)12-2-15(7)9-6(17)5(16)3(25-9)1-24-28(22,23)26-27(19,20)21;;;/h2-3,5-6,9,16-17H,1H2,(H,22,23)(H2,19,20,21)(H3,11,13,14,18);;;1H2/q;2*+1;/p-2/t3-,5-,6-,9-;;;/m1.../s1. The molecule has 17 nitrogen and oxygen atoms in total. The summed E-state index contributed by atoms with van der Waals surface area (Å²) < 4.78 is 35.8. The molecule has 2 unspecified atom stereocenters. The molecule has 0 saturated carbocycles. The first kappa shape index (κ1) is 31.2. The van der Waals surface area contributed by atoms with Crippen LogP contribution in [0.25, 0.3) is 11.2 Å². The van der Waals surface area contributed by atoms with Crippen molar-refractivity contribution in [1.82, 2.24) is 19.5 Å². The number of ether oxygens (including phenoxy) is 1. The summed E-state index contributed by atoms with van der Waals surface area (Å²) in [7, 11) is -11.1. The molecule has 2 aromatic rings. The van der Waals surface area contributed by atoms with Gasteiger partial charge in [0, 0.05) is 0 Å². The van der Waals surface area contributed by atoms with Crippen molar-refractivity contribution in [2.24, 2.45) is 0 Å². The molecule has 1 saturated heterocycles. The average Bonchev–Trinajstić information content (AvgIpc) is 3.06. The molecule has 0 radical (unpaired) electrons. The molecule has 1 fully saturated rings. The maximum atomic E-state index is 11.8. The summed E-state index contributed by atoms with van der Waals surface area (Å²) in [5, 5.41) is 20.2. The monoisotopic (exact) mass is 505 g/mol. The van der Waals surface area contributed by atoms with E-state index in [9.17, 15) is 33.9 Å². The fourth-order valence-corrected chi connectivity index (χ4v) is 4.07. The third-order valence-electron chi connectivity index (χ3n) is 3.66. The zero-order chi connectivity index (χ0) is 20.9. The quantitative estimate of drug-likeness (QED) is 0.180. The topological polar surface area (TPSA) is 290 Å². The van der Waals surface area contributed by atoms with Crippen molar-refractivity contribution < 1.29 is 112 Å². The Morgan fingerprint density at radius 3 is 2.48 bits per heavy atom. The Balaban J connectivity index is 0.00000300. The van der Waals surface area contributed by atoms with E-state index in [-0.39, 0.29) is 81.7 Å². The number of H-pyrrole nitrogens is 1. The van der Waals surface area contributed by atoms with Crippen LogP contribution in [-0.4, -0.2) is 65.0 Å². The number of imidazole rings is 1.